The average molecular weight is 439 g/mol. The predicted molar refractivity (Wildman–Crippen MR) is 118 cm³/mol. The van der Waals surface area contributed by atoms with Crippen molar-refractivity contribution in [2.75, 3.05) is 19.6 Å². The predicted octanol–water partition coefficient (Wildman–Crippen LogP) is 5.16. The summed E-state index contributed by atoms with van der Waals surface area (Å²) in [5.74, 6) is -0.907. The molecule has 2 saturated heterocycles. The Morgan fingerprint density at radius 2 is 1.87 bits per heavy atom. The van der Waals surface area contributed by atoms with E-state index in [-0.39, 0.29) is 17.9 Å². The molecule has 2 aliphatic heterocycles. The molecule has 31 heavy (non-hydrogen) atoms. The number of hydrogen-bond donors (Lipinski definition) is 0. The molecule has 2 fully saturated rings. The van der Waals surface area contributed by atoms with Crippen molar-refractivity contribution in [3.05, 3.63) is 93.7 Å². The van der Waals surface area contributed by atoms with Crippen molar-refractivity contribution in [2.24, 2.45) is 5.92 Å². The monoisotopic (exact) mass is 438 g/mol. The van der Waals surface area contributed by atoms with E-state index in [1.165, 1.54) is 17.7 Å². The first kappa shape index (κ1) is 20.3. The number of hydrogen-bond acceptors (Lipinski definition) is 3. The van der Waals surface area contributed by atoms with Crippen molar-refractivity contribution in [3.8, 4) is 0 Å². The summed E-state index contributed by atoms with van der Waals surface area (Å²) in [5, 5.41) is 4.28. The summed E-state index contributed by atoms with van der Waals surface area (Å²) in [4.78, 5) is 17.7. The Balaban J connectivity index is 1.38. The van der Waals surface area contributed by atoms with Gasteiger partial charge in [0.05, 0.1) is 0 Å². The first-order valence-electron chi connectivity index (χ1n) is 10.6. The maximum atomic E-state index is 13.7. The van der Waals surface area contributed by atoms with Crippen LogP contribution < -0.4 is 0 Å². The van der Waals surface area contributed by atoms with Gasteiger partial charge < -0.3 is 4.90 Å². The van der Waals surface area contributed by atoms with E-state index in [9.17, 15) is 13.6 Å². The fourth-order valence-electron chi connectivity index (χ4n) is 5.16. The summed E-state index contributed by atoms with van der Waals surface area (Å²) in [6, 6.07) is 16.0. The van der Waals surface area contributed by atoms with E-state index in [4.69, 9.17) is 0 Å². The largest absolute Gasteiger partial charge is 0.335 e. The number of likely N-dealkylation sites (tertiary alicyclic amines) is 2. The Kier molecular flexibility index (Phi) is 5.59. The molecule has 2 aromatic carbocycles. The van der Waals surface area contributed by atoms with Crippen molar-refractivity contribution in [1.29, 1.82) is 0 Å². The smallest absolute Gasteiger partial charge is 0.254 e. The van der Waals surface area contributed by atoms with Gasteiger partial charge in [-0.1, -0.05) is 24.3 Å². The van der Waals surface area contributed by atoms with Crippen molar-refractivity contribution in [1.82, 2.24) is 9.80 Å². The highest BCUT2D eigenvalue weighted by Gasteiger charge is 2.47. The van der Waals surface area contributed by atoms with Gasteiger partial charge in [0, 0.05) is 49.6 Å². The third-order valence-corrected chi connectivity index (χ3v) is 7.36. The molecule has 2 aliphatic rings. The van der Waals surface area contributed by atoms with Crippen LogP contribution in [0.15, 0.2) is 65.4 Å². The molecule has 160 valence electrons. The van der Waals surface area contributed by atoms with Gasteiger partial charge in [-0.2, -0.15) is 11.3 Å². The maximum Gasteiger partial charge on any atom is 0.254 e. The van der Waals surface area contributed by atoms with Crippen LogP contribution in [0.2, 0.25) is 0 Å². The topological polar surface area (TPSA) is 23.6 Å². The number of halogens is 2. The van der Waals surface area contributed by atoms with Gasteiger partial charge in [0.1, 0.15) is 0 Å². The minimum Gasteiger partial charge on any atom is -0.335 e. The summed E-state index contributed by atoms with van der Waals surface area (Å²) < 4.78 is 27.0. The Labute approximate surface area is 184 Å². The first-order valence-corrected chi connectivity index (χ1v) is 11.6. The molecule has 0 spiro atoms. The number of amides is 1. The lowest BCUT2D eigenvalue weighted by Gasteiger charge is -2.39. The lowest BCUT2D eigenvalue weighted by molar-refractivity contribution is 0.0614. The van der Waals surface area contributed by atoms with Gasteiger partial charge in [-0.15, -0.1) is 0 Å². The molecular formula is C25H24F2N2OS. The van der Waals surface area contributed by atoms with Gasteiger partial charge >= 0.3 is 0 Å². The number of nitrogens with zero attached hydrogens (tertiary/aromatic N) is 2. The Morgan fingerprint density at radius 1 is 1.03 bits per heavy atom. The second-order valence-corrected chi connectivity index (χ2v) is 9.27. The zero-order chi connectivity index (χ0) is 21.4. The van der Waals surface area contributed by atoms with Gasteiger partial charge in [-0.3, -0.25) is 9.69 Å². The highest BCUT2D eigenvalue weighted by atomic mass is 32.1. The van der Waals surface area contributed by atoms with Gasteiger partial charge in [0.15, 0.2) is 11.6 Å². The lowest BCUT2D eigenvalue weighted by atomic mass is 9.82. The molecule has 0 aliphatic carbocycles. The summed E-state index contributed by atoms with van der Waals surface area (Å²) in [5.41, 5.74) is 2.80. The van der Waals surface area contributed by atoms with E-state index in [1.54, 1.807) is 17.4 Å². The van der Waals surface area contributed by atoms with Crippen molar-refractivity contribution in [3.63, 3.8) is 0 Å². The van der Waals surface area contributed by atoms with Crippen LogP contribution in [0, 0.1) is 17.6 Å². The van der Waals surface area contributed by atoms with Crippen LogP contribution in [0.4, 0.5) is 8.78 Å². The van der Waals surface area contributed by atoms with E-state index >= 15 is 0 Å². The number of piperidine rings is 1. The third-order valence-electron chi connectivity index (χ3n) is 6.66. The molecule has 3 heterocycles. The van der Waals surface area contributed by atoms with E-state index in [0.717, 1.165) is 37.2 Å². The zero-order valence-electron chi connectivity index (χ0n) is 17.1. The van der Waals surface area contributed by atoms with Crippen LogP contribution in [-0.2, 0) is 6.54 Å². The van der Waals surface area contributed by atoms with Crippen LogP contribution in [-0.4, -0.2) is 41.4 Å². The van der Waals surface area contributed by atoms with Crippen molar-refractivity contribution < 1.29 is 13.6 Å². The Bertz CT molecular complexity index is 1060. The molecule has 1 amide bonds. The number of carbonyl (C=O) groups is 1. The van der Waals surface area contributed by atoms with Gasteiger partial charge in [0.2, 0.25) is 0 Å². The van der Waals surface area contributed by atoms with Gasteiger partial charge in [-0.25, -0.2) is 8.78 Å². The fraction of sp³-hybridized carbons (Fsp3) is 0.320. The second-order valence-electron chi connectivity index (χ2n) is 8.49. The maximum absolute atomic E-state index is 13.7. The molecule has 3 atom stereocenters. The molecule has 0 saturated carbocycles. The summed E-state index contributed by atoms with van der Waals surface area (Å²) in [7, 11) is 0. The van der Waals surface area contributed by atoms with E-state index in [1.807, 2.05) is 30.3 Å². The third kappa shape index (κ3) is 4.02. The average Bonchev–Trinajstić information content (AvgIpc) is 3.44. The normalized spacial score (nSPS) is 23.7. The van der Waals surface area contributed by atoms with Crippen LogP contribution in [0.1, 0.15) is 33.8 Å². The molecule has 0 radical (unpaired) electrons. The second kappa shape index (κ2) is 8.52. The molecule has 1 aromatic heterocycles. The summed E-state index contributed by atoms with van der Waals surface area (Å²) in [6.45, 7) is 2.97. The van der Waals surface area contributed by atoms with Crippen LogP contribution >= 0.6 is 11.3 Å². The van der Waals surface area contributed by atoms with E-state index in [0.29, 0.717) is 12.5 Å². The minimum absolute atomic E-state index is 0.0994. The van der Waals surface area contributed by atoms with Crippen molar-refractivity contribution >= 4 is 17.2 Å². The first-order chi connectivity index (χ1) is 15.1. The van der Waals surface area contributed by atoms with Gasteiger partial charge in [-0.05, 0) is 58.6 Å². The van der Waals surface area contributed by atoms with E-state index in [2.05, 4.69) is 26.6 Å². The Hall–Kier alpha value is -2.57. The quantitative estimate of drug-likeness (QED) is 0.562. The number of thiophene rings is 1. The highest BCUT2D eigenvalue weighted by molar-refractivity contribution is 7.08. The summed E-state index contributed by atoms with van der Waals surface area (Å²) >= 11 is 1.68. The molecular weight excluding hydrogens is 414 g/mol. The number of benzene rings is 2. The molecule has 5 rings (SSSR count). The minimum atomic E-state index is -0.814. The zero-order valence-corrected chi connectivity index (χ0v) is 17.9. The SMILES string of the molecule is O=C(c1ccccc1)N1C[C@@H](c2ccsc2)[C@@H]2CN(Cc3ccc(F)c(F)c3)CC[C@@H]21. The Morgan fingerprint density at radius 3 is 2.61 bits per heavy atom. The molecule has 3 nitrogen and oxygen atoms in total. The van der Waals surface area contributed by atoms with Crippen molar-refractivity contribution in [2.45, 2.75) is 24.9 Å². The van der Waals surface area contributed by atoms with Gasteiger partial charge in [0.25, 0.3) is 5.91 Å². The summed E-state index contributed by atoms with van der Waals surface area (Å²) in [6.07, 6.45) is 0.882. The molecule has 0 bridgehead atoms. The standard InChI is InChI=1S/C25H24F2N2OS/c26-22-7-6-17(12-23(22)27)13-28-10-8-24-21(14-28)20(19-9-11-31-16-19)15-29(24)25(30)18-4-2-1-3-5-18/h1-7,9,11-12,16,20-21,24H,8,10,13-15H2/t20-,21-,24-/m0/s1. The number of carbonyl (C=O) groups excluding carboxylic acids is 1. The van der Waals surface area contributed by atoms with Crippen LogP contribution in [0.25, 0.3) is 0 Å². The molecule has 0 unspecified atom stereocenters. The lowest BCUT2D eigenvalue weighted by Crippen LogP contribution is -2.47. The highest BCUT2D eigenvalue weighted by Crippen LogP contribution is 2.43. The fourth-order valence-corrected chi connectivity index (χ4v) is 5.89. The van der Waals surface area contributed by atoms with Crippen LogP contribution in [0.3, 0.4) is 0 Å². The van der Waals surface area contributed by atoms with Crippen LogP contribution in [0.5, 0.6) is 0 Å². The molecule has 0 N–H and O–H groups in total. The number of fused-ring (bicyclic) bond motifs is 1. The molecule has 6 heteroatoms. The van der Waals surface area contributed by atoms with E-state index < -0.39 is 11.6 Å². The number of rotatable bonds is 4. The molecule has 3 aromatic rings.